The molecule has 0 spiro atoms. The molecule has 0 aliphatic carbocycles. The molecule has 1 aromatic heterocycles. The van der Waals surface area contributed by atoms with E-state index in [-0.39, 0.29) is 12.2 Å². The van der Waals surface area contributed by atoms with E-state index in [0.717, 1.165) is 41.7 Å². The van der Waals surface area contributed by atoms with Gasteiger partial charge in [-0.1, -0.05) is 11.6 Å². The molecule has 0 N–H and O–H groups in total. The summed E-state index contributed by atoms with van der Waals surface area (Å²) in [7, 11) is 0. The molecule has 0 saturated carbocycles. The van der Waals surface area contributed by atoms with Gasteiger partial charge in [0.25, 0.3) is 0 Å². The number of epoxide rings is 2. The highest BCUT2D eigenvalue weighted by Crippen LogP contribution is 2.27. The fourth-order valence-corrected chi connectivity index (χ4v) is 3.03. The van der Waals surface area contributed by atoms with E-state index in [1.165, 1.54) is 0 Å². The van der Waals surface area contributed by atoms with Gasteiger partial charge < -0.3 is 18.9 Å². The average Bonchev–Trinajstić information content (AvgIpc) is 3.65. The van der Waals surface area contributed by atoms with Gasteiger partial charge in [-0.3, -0.25) is 0 Å². The van der Waals surface area contributed by atoms with Crippen molar-refractivity contribution in [3.05, 3.63) is 59.8 Å². The maximum absolute atomic E-state index is 6.42. The molecule has 5 rings (SSSR count). The molecular weight excluding hydrogens is 380 g/mol. The molecule has 2 aliphatic heterocycles. The molecule has 0 amide bonds. The van der Waals surface area contributed by atoms with E-state index in [4.69, 9.17) is 30.5 Å². The van der Waals surface area contributed by atoms with Crippen LogP contribution >= 0.6 is 11.6 Å². The third-order valence-electron chi connectivity index (χ3n) is 4.57. The van der Waals surface area contributed by atoms with Gasteiger partial charge in [-0.15, -0.1) is 0 Å². The Hall–Kier alpha value is -2.54. The summed E-state index contributed by atoms with van der Waals surface area (Å²) in [6, 6.07) is 17.3. The van der Waals surface area contributed by atoms with Crippen LogP contribution in [0.3, 0.4) is 0 Å². The summed E-state index contributed by atoms with van der Waals surface area (Å²) in [5, 5.41) is 5.18. The van der Waals surface area contributed by atoms with Crippen LogP contribution in [0.5, 0.6) is 11.5 Å². The topological polar surface area (TPSA) is 61.3 Å². The summed E-state index contributed by atoms with van der Waals surface area (Å²) < 4.78 is 23.3. The Morgan fingerprint density at radius 1 is 0.893 bits per heavy atom. The summed E-state index contributed by atoms with van der Waals surface area (Å²) in [6.45, 7) is 2.74. The lowest BCUT2D eigenvalue weighted by Crippen LogP contribution is -2.04. The molecule has 2 saturated heterocycles. The third kappa shape index (κ3) is 4.14. The van der Waals surface area contributed by atoms with E-state index in [1.807, 2.05) is 54.6 Å². The minimum Gasteiger partial charge on any atom is -0.491 e. The van der Waals surface area contributed by atoms with Crippen LogP contribution in [0.15, 0.2) is 54.6 Å². The number of halogens is 1. The molecule has 2 fully saturated rings. The first-order chi connectivity index (χ1) is 13.7. The second-order valence-corrected chi connectivity index (χ2v) is 7.20. The van der Waals surface area contributed by atoms with Gasteiger partial charge in [0.2, 0.25) is 0 Å². The van der Waals surface area contributed by atoms with Crippen LogP contribution in [0.1, 0.15) is 0 Å². The number of ether oxygens (including phenoxy) is 4. The molecule has 28 heavy (non-hydrogen) atoms. The Bertz CT molecular complexity index is 948. The normalized spacial score (nSPS) is 20.0. The molecule has 3 aromatic rings. The first-order valence-electron chi connectivity index (χ1n) is 9.20. The summed E-state index contributed by atoms with van der Waals surface area (Å²) in [5.74, 6) is 1.62. The van der Waals surface area contributed by atoms with Gasteiger partial charge in [0.15, 0.2) is 0 Å². The largest absolute Gasteiger partial charge is 0.491 e. The van der Waals surface area contributed by atoms with Gasteiger partial charge in [-0.25, -0.2) is 4.68 Å². The van der Waals surface area contributed by atoms with Gasteiger partial charge in [0, 0.05) is 11.6 Å². The van der Waals surface area contributed by atoms with Gasteiger partial charge in [0.05, 0.1) is 24.6 Å². The Kier molecular flexibility index (Phi) is 4.68. The smallest absolute Gasteiger partial charge is 0.133 e. The predicted octanol–water partition coefficient (Wildman–Crippen LogP) is 3.75. The van der Waals surface area contributed by atoms with Crippen molar-refractivity contribution in [1.82, 2.24) is 9.78 Å². The highest BCUT2D eigenvalue weighted by atomic mass is 35.5. The van der Waals surface area contributed by atoms with Crippen LogP contribution in [-0.2, 0) is 9.47 Å². The maximum Gasteiger partial charge on any atom is 0.133 e. The van der Waals surface area contributed by atoms with Crippen molar-refractivity contribution >= 4 is 11.6 Å². The molecule has 2 aromatic carbocycles. The Morgan fingerprint density at radius 2 is 1.43 bits per heavy atom. The number of benzene rings is 2. The molecule has 2 unspecified atom stereocenters. The van der Waals surface area contributed by atoms with E-state index in [1.54, 1.807) is 4.68 Å². The molecule has 2 atom stereocenters. The van der Waals surface area contributed by atoms with Crippen LogP contribution < -0.4 is 9.47 Å². The predicted molar refractivity (Wildman–Crippen MR) is 104 cm³/mol. The number of aromatic nitrogens is 2. The monoisotopic (exact) mass is 398 g/mol. The van der Waals surface area contributed by atoms with E-state index >= 15 is 0 Å². The third-order valence-corrected chi connectivity index (χ3v) is 4.84. The standard InChI is InChI=1S/C21H19ClN2O4/c22-21-9-20(14-1-5-16(6-2-14)25-10-18-12-27-18)23-24(21)15-3-7-17(8-4-15)26-11-19-13-28-19/h1-9,18-19H,10-13H2. The number of rotatable bonds is 8. The maximum atomic E-state index is 6.42. The molecule has 0 bridgehead atoms. The summed E-state index contributed by atoms with van der Waals surface area (Å²) in [6.07, 6.45) is 0.481. The van der Waals surface area contributed by atoms with E-state index in [2.05, 4.69) is 5.10 Å². The van der Waals surface area contributed by atoms with Crippen molar-refractivity contribution in [2.24, 2.45) is 0 Å². The van der Waals surface area contributed by atoms with E-state index in [9.17, 15) is 0 Å². The van der Waals surface area contributed by atoms with E-state index in [0.29, 0.717) is 18.4 Å². The van der Waals surface area contributed by atoms with Gasteiger partial charge in [-0.2, -0.15) is 5.10 Å². The minimum absolute atomic E-state index is 0.238. The van der Waals surface area contributed by atoms with Crippen molar-refractivity contribution in [2.75, 3.05) is 26.4 Å². The second kappa shape index (κ2) is 7.47. The van der Waals surface area contributed by atoms with Crippen molar-refractivity contribution in [2.45, 2.75) is 12.2 Å². The zero-order valence-corrected chi connectivity index (χ0v) is 15.8. The number of hydrogen-bond acceptors (Lipinski definition) is 5. The Balaban J connectivity index is 1.28. The lowest BCUT2D eigenvalue weighted by atomic mass is 10.1. The summed E-state index contributed by atoms with van der Waals surface area (Å²) in [5.41, 5.74) is 2.64. The summed E-state index contributed by atoms with van der Waals surface area (Å²) >= 11 is 6.42. The molecule has 7 heteroatoms. The highest BCUT2D eigenvalue weighted by Gasteiger charge is 2.23. The molecule has 2 aliphatic rings. The lowest BCUT2D eigenvalue weighted by molar-refractivity contribution is 0.263. The van der Waals surface area contributed by atoms with Gasteiger partial charge in [0.1, 0.15) is 42.1 Å². The zero-order chi connectivity index (χ0) is 18.9. The van der Waals surface area contributed by atoms with Gasteiger partial charge >= 0.3 is 0 Å². The van der Waals surface area contributed by atoms with Crippen molar-refractivity contribution in [3.8, 4) is 28.4 Å². The molecule has 3 heterocycles. The molecule has 144 valence electrons. The van der Waals surface area contributed by atoms with Crippen LogP contribution in [0.2, 0.25) is 5.15 Å². The zero-order valence-electron chi connectivity index (χ0n) is 15.1. The van der Waals surface area contributed by atoms with Crippen LogP contribution in [0.25, 0.3) is 16.9 Å². The first-order valence-corrected chi connectivity index (χ1v) is 9.58. The van der Waals surface area contributed by atoms with Crippen LogP contribution in [0.4, 0.5) is 0 Å². The van der Waals surface area contributed by atoms with Gasteiger partial charge in [-0.05, 0) is 48.5 Å². The van der Waals surface area contributed by atoms with Crippen LogP contribution in [0, 0.1) is 0 Å². The van der Waals surface area contributed by atoms with Crippen molar-refractivity contribution in [3.63, 3.8) is 0 Å². The second-order valence-electron chi connectivity index (χ2n) is 6.82. The lowest BCUT2D eigenvalue weighted by Gasteiger charge is -2.07. The van der Waals surface area contributed by atoms with Crippen molar-refractivity contribution < 1.29 is 18.9 Å². The first kappa shape index (κ1) is 17.6. The molecular formula is C21H19ClN2O4. The number of nitrogens with zero attached hydrogens (tertiary/aromatic N) is 2. The molecule has 0 radical (unpaired) electrons. The Morgan fingerprint density at radius 3 is 1.96 bits per heavy atom. The van der Waals surface area contributed by atoms with Crippen LogP contribution in [-0.4, -0.2) is 48.4 Å². The Labute approximate surface area is 167 Å². The number of hydrogen-bond donors (Lipinski definition) is 0. The fourth-order valence-electron chi connectivity index (χ4n) is 2.79. The SMILES string of the molecule is Clc1cc(-c2ccc(OCC3CO3)cc2)nn1-c1ccc(OCC2CO2)cc1. The van der Waals surface area contributed by atoms with E-state index < -0.39 is 0 Å². The molecule has 6 nitrogen and oxygen atoms in total. The van der Waals surface area contributed by atoms with Crippen molar-refractivity contribution in [1.29, 1.82) is 0 Å². The summed E-state index contributed by atoms with van der Waals surface area (Å²) in [4.78, 5) is 0. The fraction of sp³-hybridized carbons (Fsp3) is 0.286. The minimum atomic E-state index is 0.238. The average molecular weight is 399 g/mol. The quantitative estimate of drug-likeness (QED) is 0.541. The highest BCUT2D eigenvalue weighted by molar-refractivity contribution is 6.30.